The molecule has 2 aromatic rings. The number of rotatable bonds is 8. The highest BCUT2D eigenvalue weighted by Crippen LogP contribution is 2.47. The third kappa shape index (κ3) is 6.63. The van der Waals surface area contributed by atoms with E-state index in [1.54, 1.807) is 0 Å². The minimum atomic E-state index is -0.763. The Bertz CT molecular complexity index is 1370. The van der Waals surface area contributed by atoms with Gasteiger partial charge in [-0.1, -0.05) is 0 Å². The molecule has 6 rings (SSSR count). The van der Waals surface area contributed by atoms with Crippen molar-refractivity contribution >= 4 is 34.7 Å². The summed E-state index contributed by atoms with van der Waals surface area (Å²) in [4.78, 5) is 64.6. The number of nitro groups is 4. The van der Waals surface area contributed by atoms with E-state index in [4.69, 9.17) is 9.47 Å². The van der Waals surface area contributed by atoms with E-state index < -0.39 is 54.4 Å². The SMILES string of the molecule is O=C(O[C@@H]1C[C@H]2CC[C@@H]1C2)c1cc([N+](=O)[O-])cc([N+](=O)[O-])c1.O=C(O[C@H]1C[C@@H]2CC[C@H]1C2)c1cc([N+](=O)[O-])cc([N+](=O)[O-])c1. The van der Waals surface area contributed by atoms with Gasteiger partial charge in [0.2, 0.25) is 0 Å². The first-order valence-corrected chi connectivity index (χ1v) is 14.2. The van der Waals surface area contributed by atoms with E-state index in [0.29, 0.717) is 23.7 Å². The van der Waals surface area contributed by atoms with Gasteiger partial charge in [-0.15, -0.1) is 0 Å². The lowest BCUT2D eigenvalue weighted by Crippen LogP contribution is -2.24. The molecular formula is C28H28N4O12. The average molecular weight is 613 g/mol. The van der Waals surface area contributed by atoms with Crippen LogP contribution in [-0.2, 0) is 9.47 Å². The Balaban J connectivity index is 0.000000175. The number of hydrogen-bond donors (Lipinski definition) is 0. The lowest BCUT2D eigenvalue weighted by molar-refractivity contribution is -0.394. The van der Waals surface area contributed by atoms with Crippen molar-refractivity contribution in [3.63, 3.8) is 0 Å². The summed E-state index contributed by atoms with van der Waals surface area (Å²) in [6.45, 7) is 0. The molecule has 16 heteroatoms. The first-order valence-electron chi connectivity index (χ1n) is 14.2. The number of esters is 2. The number of fused-ring (bicyclic) bond motifs is 4. The molecule has 4 saturated carbocycles. The Kier molecular flexibility index (Phi) is 8.51. The topological polar surface area (TPSA) is 225 Å². The van der Waals surface area contributed by atoms with Crippen LogP contribution in [0.1, 0.15) is 72.1 Å². The van der Waals surface area contributed by atoms with Crippen LogP contribution < -0.4 is 0 Å². The molecule has 0 unspecified atom stereocenters. The highest BCUT2D eigenvalue weighted by molar-refractivity contribution is 5.92. The van der Waals surface area contributed by atoms with Crippen molar-refractivity contribution in [3.05, 3.63) is 88.0 Å². The van der Waals surface area contributed by atoms with Gasteiger partial charge in [-0.2, -0.15) is 0 Å². The Labute approximate surface area is 248 Å². The van der Waals surface area contributed by atoms with Gasteiger partial charge in [-0.25, -0.2) is 9.59 Å². The maximum Gasteiger partial charge on any atom is 0.338 e. The van der Waals surface area contributed by atoms with E-state index in [9.17, 15) is 50.0 Å². The number of carbonyl (C=O) groups is 2. The van der Waals surface area contributed by atoms with Gasteiger partial charge in [0.1, 0.15) is 12.2 Å². The summed E-state index contributed by atoms with van der Waals surface area (Å²) in [6, 6.07) is 5.72. The fraction of sp³-hybridized carbons (Fsp3) is 0.500. The second-order valence-corrected chi connectivity index (χ2v) is 11.7. The van der Waals surface area contributed by atoms with Gasteiger partial charge in [0.15, 0.2) is 0 Å². The zero-order valence-electron chi connectivity index (χ0n) is 23.3. The quantitative estimate of drug-likeness (QED) is 0.199. The molecule has 4 aliphatic carbocycles. The fourth-order valence-corrected chi connectivity index (χ4v) is 6.92. The number of nitrogens with zero attached hydrogens (tertiary/aromatic N) is 4. The summed E-state index contributed by atoms with van der Waals surface area (Å²) in [5.74, 6) is 0.406. The molecule has 4 aliphatic rings. The zero-order chi connectivity index (χ0) is 31.7. The van der Waals surface area contributed by atoms with Crippen molar-refractivity contribution in [2.24, 2.45) is 23.7 Å². The molecule has 4 bridgehead atoms. The van der Waals surface area contributed by atoms with Crippen molar-refractivity contribution < 1.29 is 38.8 Å². The molecule has 6 atom stereocenters. The molecule has 0 heterocycles. The summed E-state index contributed by atoms with van der Waals surface area (Å²) >= 11 is 0. The summed E-state index contributed by atoms with van der Waals surface area (Å²) in [6.07, 6.45) is 7.73. The maximum atomic E-state index is 12.2. The maximum absolute atomic E-state index is 12.2. The molecule has 0 radical (unpaired) electrons. The summed E-state index contributed by atoms with van der Waals surface area (Å²) in [5, 5.41) is 43.3. The molecule has 0 spiro atoms. The minimum absolute atomic E-state index is 0.149. The molecule has 0 aromatic heterocycles. The molecule has 2 aromatic carbocycles. The molecular weight excluding hydrogens is 584 g/mol. The van der Waals surface area contributed by atoms with Crippen molar-refractivity contribution in [2.75, 3.05) is 0 Å². The highest BCUT2D eigenvalue weighted by atomic mass is 16.6. The Morgan fingerprint density at radius 3 is 1.07 bits per heavy atom. The molecule has 232 valence electrons. The monoisotopic (exact) mass is 612 g/mol. The molecule has 4 fully saturated rings. The molecule has 0 N–H and O–H groups in total. The first-order chi connectivity index (χ1) is 20.9. The number of non-ortho nitro benzene ring substituents is 4. The third-order valence-corrected chi connectivity index (χ3v) is 8.98. The average Bonchev–Trinajstić information content (AvgIpc) is 3.80. The van der Waals surface area contributed by atoms with Gasteiger partial charge in [-0.05, 0) is 75.0 Å². The van der Waals surface area contributed by atoms with Crippen molar-refractivity contribution in [1.29, 1.82) is 0 Å². The molecule has 44 heavy (non-hydrogen) atoms. The number of nitro benzene ring substituents is 4. The van der Waals surface area contributed by atoms with Crippen LogP contribution in [0.3, 0.4) is 0 Å². The molecule has 0 aliphatic heterocycles. The van der Waals surface area contributed by atoms with E-state index in [1.807, 2.05) is 0 Å². The van der Waals surface area contributed by atoms with Crippen LogP contribution in [0.4, 0.5) is 22.7 Å². The normalized spacial score (nSPS) is 25.9. The largest absolute Gasteiger partial charge is 0.458 e. The predicted octanol–water partition coefficient (Wildman–Crippen LogP) is 5.70. The highest BCUT2D eigenvalue weighted by Gasteiger charge is 2.43. The smallest absolute Gasteiger partial charge is 0.338 e. The van der Waals surface area contributed by atoms with Crippen LogP contribution in [0.2, 0.25) is 0 Å². The summed E-state index contributed by atoms with van der Waals surface area (Å²) < 4.78 is 10.8. The summed E-state index contributed by atoms with van der Waals surface area (Å²) in [5.41, 5.74) is -2.27. The molecule has 0 saturated heterocycles. The lowest BCUT2D eigenvalue weighted by Gasteiger charge is -2.21. The summed E-state index contributed by atoms with van der Waals surface area (Å²) in [7, 11) is 0. The Morgan fingerprint density at radius 2 is 0.841 bits per heavy atom. The van der Waals surface area contributed by atoms with E-state index in [-0.39, 0.29) is 23.3 Å². The second-order valence-electron chi connectivity index (χ2n) is 11.7. The lowest BCUT2D eigenvalue weighted by atomic mass is 9.98. The van der Waals surface area contributed by atoms with Gasteiger partial charge < -0.3 is 9.47 Å². The van der Waals surface area contributed by atoms with Crippen LogP contribution in [0.25, 0.3) is 0 Å². The fourth-order valence-electron chi connectivity index (χ4n) is 6.92. The predicted molar refractivity (Wildman–Crippen MR) is 149 cm³/mol. The van der Waals surface area contributed by atoms with Crippen LogP contribution in [0.5, 0.6) is 0 Å². The van der Waals surface area contributed by atoms with Gasteiger partial charge in [0, 0.05) is 24.3 Å². The zero-order valence-corrected chi connectivity index (χ0v) is 23.3. The van der Waals surface area contributed by atoms with Gasteiger partial charge in [0.05, 0.1) is 43.0 Å². The van der Waals surface area contributed by atoms with Crippen LogP contribution in [-0.4, -0.2) is 43.8 Å². The first kappa shape index (κ1) is 30.4. The van der Waals surface area contributed by atoms with Crippen LogP contribution in [0.15, 0.2) is 36.4 Å². The van der Waals surface area contributed by atoms with Crippen LogP contribution >= 0.6 is 0 Å². The number of benzene rings is 2. The molecule has 0 amide bonds. The van der Waals surface area contributed by atoms with E-state index >= 15 is 0 Å². The van der Waals surface area contributed by atoms with E-state index in [0.717, 1.165) is 87.8 Å². The standard InChI is InChI=1S/2C14H14N2O6/c2*17-14(22-13-4-8-1-2-9(13)3-8)10-5-11(15(18)19)7-12(6-10)16(20)21/h2*5-9,13H,1-4H2/t2*8-,9+,13+/m10/s1. The van der Waals surface area contributed by atoms with E-state index in [1.165, 1.54) is 0 Å². The van der Waals surface area contributed by atoms with Crippen LogP contribution in [0, 0.1) is 64.1 Å². The Hall–Kier alpha value is -5.02. The minimum Gasteiger partial charge on any atom is -0.458 e. The second kappa shape index (κ2) is 12.3. The van der Waals surface area contributed by atoms with Gasteiger partial charge in [0.25, 0.3) is 22.7 Å². The van der Waals surface area contributed by atoms with Crippen molar-refractivity contribution in [1.82, 2.24) is 0 Å². The van der Waals surface area contributed by atoms with Gasteiger partial charge in [-0.3, -0.25) is 40.5 Å². The molecule has 16 nitrogen and oxygen atoms in total. The number of hydrogen-bond acceptors (Lipinski definition) is 12. The Morgan fingerprint density at radius 1 is 0.523 bits per heavy atom. The van der Waals surface area contributed by atoms with Gasteiger partial charge >= 0.3 is 11.9 Å². The third-order valence-electron chi connectivity index (χ3n) is 8.98. The number of ether oxygens (including phenoxy) is 2. The van der Waals surface area contributed by atoms with E-state index in [2.05, 4.69) is 0 Å². The van der Waals surface area contributed by atoms with Crippen molar-refractivity contribution in [3.8, 4) is 0 Å². The van der Waals surface area contributed by atoms with Crippen molar-refractivity contribution in [2.45, 2.75) is 63.6 Å². The number of carbonyl (C=O) groups excluding carboxylic acids is 2.